The van der Waals surface area contributed by atoms with E-state index in [1.54, 1.807) is 48.5 Å². The minimum atomic E-state index is -1.04. The molecule has 3 aliphatic rings. The van der Waals surface area contributed by atoms with E-state index in [9.17, 15) is 28.8 Å². The molecule has 0 saturated carbocycles. The molecular formula is C40H44N4O9. The molecule has 3 heterocycles. The van der Waals surface area contributed by atoms with E-state index in [0.29, 0.717) is 72.8 Å². The second-order valence-electron chi connectivity index (χ2n) is 13.7. The van der Waals surface area contributed by atoms with Gasteiger partial charge in [-0.15, -0.1) is 0 Å². The van der Waals surface area contributed by atoms with Crippen LogP contribution in [0, 0.1) is 5.41 Å². The van der Waals surface area contributed by atoms with Crippen LogP contribution in [0.25, 0.3) is 0 Å². The second kappa shape index (κ2) is 15.6. The number of imide groups is 3. The van der Waals surface area contributed by atoms with Crippen LogP contribution in [-0.2, 0) is 0 Å². The fourth-order valence-electron chi connectivity index (χ4n) is 6.56. The molecule has 6 amide bonds. The second-order valence-corrected chi connectivity index (χ2v) is 13.7. The Morgan fingerprint density at radius 1 is 0.472 bits per heavy atom. The van der Waals surface area contributed by atoms with E-state index in [1.165, 1.54) is 20.8 Å². The molecule has 3 aromatic carbocycles. The molecule has 13 nitrogen and oxygen atoms in total. The highest BCUT2D eigenvalue weighted by Crippen LogP contribution is 2.32. The predicted molar refractivity (Wildman–Crippen MR) is 194 cm³/mol. The third kappa shape index (κ3) is 7.13. The largest absolute Gasteiger partial charge is 0.493 e. The van der Waals surface area contributed by atoms with Gasteiger partial charge in [-0.05, 0) is 73.9 Å². The Morgan fingerprint density at radius 2 is 0.792 bits per heavy atom. The molecule has 3 aromatic rings. The van der Waals surface area contributed by atoms with Crippen molar-refractivity contribution < 1.29 is 43.0 Å². The molecule has 0 fully saturated rings. The van der Waals surface area contributed by atoms with Crippen molar-refractivity contribution in [3.63, 3.8) is 0 Å². The molecule has 0 radical (unpaired) electrons. The van der Waals surface area contributed by atoms with E-state index in [0.717, 1.165) is 12.8 Å². The van der Waals surface area contributed by atoms with Gasteiger partial charge in [-0.2, -0.15) is 0 Å². The van der Waals surface area contributed by atoms with Crippen molar-refractivity contribution in [3.05, 3.63) is 88.0 Å². The monoisotopic (exact) mass is 724 g/mol. The summed E-state index contributed by atoms with van der Waals surface area (Å²) in [6.45, 7) is 6.69. The number of carbonyl (C=O) groups excluding carboxylic acids is 6. The molecule has 0 bridgehead atoms. The van der Waals surface area contributed by atoms with Crippen LogP contribution < -0.4 is 19.9 Å². The summed E-state index contributed by atoms with van der Waals surface area (Å²) in [4.78, 5) is 81.5. The van der Waals surface area contributed by atoms with Crippen molar-refractivity contribution in [1.82, 2.24) is 14.7 Å². The summed E-state index contributed by atoms with van der Waals surface area (Å²) in [5, 5.41) is 0. The number of nitrogens with zero attached hydrogens (tertiary/aromatic N) is 3. The topological polar surface area (TPSA) is 166 Å². The van der Waals surface area contributed by atoms with Crippen LogP contribution in [0.5, 0.6) is 17.2 Å². The van der Waals surface area contributed by atoms with Crippen molar-refractivity contribution in [2.45, 2.75) is 52.9 Å². The molecule has 3 aliphatic heterocycles. The molecule has 2 N–H and O–H groups in total. The zero-order chi connectivity index (χ0) is 37.9. The number of hydrogen-bond donors (Lipinski definition) is 1. The lowest BCUT2D eigenvalue weighted by atomic mass is 9.91. The van der Waals surface area contributed by atoms with Crippen LogP contribution in [0.2, 0.25) is 0 Å². The zero-order valence-corrected chi connectivity index (χ0v) is 30.3. The van der Waals surface area contributed by atoms with E-state index in [4.69, 9.17) is 19.9 Å². The smallest absolute Gasteiger partial charge is 0.261 e. The van der Waals surface area contributed by atoms with Crippen molar-refractivity contribution in [3.8, 4) is 17.2 Å². The van der Waals surface area contributed by atoms with Crippen LogP contribution in [0.3, 0.4) is 0 Å². The molecule has 0 saturated heterocycles. The van der Waals surface area contributed by atoms with Crippen LogP contribution in [-0.4, -0.2) is 96.1 Å². The van der Waals surface area contributed by atoms with Crippen LogP contribution in [0.4, 0.5) is 0 Å². The first-order valence-corrected chi connectivity index (χ1v) is 18.2. The first-order chi connectivity index (χ1) is 25.6. The maximum Gasteiger partial charge on any atom is 0.261 e. The summed E-state index contributed by atoms with van der Waals surface area (Å²) in [5.74, 6) is -1.13. The van der Waals surface area contributed by atoms with E-state index in [1.807, 2.05) is 20.8 Å². The first kappa shape index (κ1) is 37.2. The number of benzene rings is 3. The molecule has 0 unspecified atom stereocenters. The van der Waals surface area contributed by atoms with Gasteiger partial charge in [-0.3, -0.25) is 43.5 Å². The summed E-state index contributed by atoms with van der Waals surface area (Å²) in [6, 6.07) is 14.2. The molecule has 0 atom stereocenters. The highest BCUT2D eigenvalue weighted by molar-refractivity contribution is 6.23. The number of rotatable bonds is 18. The fraction of sp³-hybridized carbons (Fsp3) is 0.400. The van der Waals surface area contributed by atoms with Crippen LogP contribution >= 0.6 is 0 Å². The number of amides is 6. The summed E-state index contributed by atoms with van der Waals surface area (Å²) in [7, 11) is 0. The Kier molecular flexibility index (Phi) is 10.9. The van der Waals surface area contributed by atoms with Crippen molar-refractivity contribution >= 4 is 35.4 Å². The molecule has 0 aliphatic carbocycles. The van der Waals surface area contributed by atoms with Gasteiger partial charge in [0, 0.05) is 26.2 Å². The van der Waals surface area contributed by atoms with Gasteiger partial charge in [-0.25, -0.2) is 0 Å². The fourth-order valence-corrected chi connectivity index (χ4v) is 6.56. The minimum Gasteiger partial charge on any atom is -0.493 e. The number of carbonyl (C=O) groups is 6. The van der Waals surface area contributed by atoms with Gasteiger partial charge in [0.2, 0.25) is 0 Å². The standard InChI is InChI=1S/C40H44N4O9/c1-4-7-16-43-35(46)29-13-10-26(19-32(29)38(43)49)52-23-40(21-41,22-51-25-9-12-28-31(18-25)37(48)42(15-6-3)34(28)45)24-53-27-11-14-30-33(20-27)39(50)44(36(30)47)17-8-5-2/h9-14,18-20H,4-8,15-17,21-24,41H2,1-3H3. The van der Waals surface area contributed by atoms with Gasteiger partial charge in [-0.1, -0.05) is 33.6 Å². The van der Waals surface area contributed by atoms with Gasteiger partial charge in [0.15, 0.2) is 0 Å². The Hall–Kier alpha value is -5.56. The summed E-state index contributed by atoms with van der Waals surface area (Å²) in [5.41, 5.74) is 7.09. The number of ether oxygens (including phenoxy) is 3. The summed E-state index contributed by atoms with van der Waals surface area (Å²) >= 11 is 0. The predicted octanol–water partition coefficient (Wildman–Crippen LogP) is 4.97. The average Bonchev–Trinajstić information content (AvgIpc) is 3.66. The summed E-state index contributed by atoms with van der Waals surface area (Å²) < 4.78 is 18.7. The number of fused-ring (bicyclic) bond motifs is 3. The van der Waals surface area contributed by atoms with Crippen molar-refractivity contribution in [1.29, 1.82) is 0 Å². The highest BCUT2D eigenvalue weighted by atomic mass is 16.5. The number of hydrogen-bond acceptors (Lipinski definition) is 10. The van der Waals surface area contributed by atoms with Gasteiger partial charge in [0.1, 0.15) is 37.1 Å². The Bertz CT molecular complexity index is 1880. The van der Waals surface area contributed by atoms with E-state index in [2.05, 4.69) is 0 Å². The van der Waals surface area contributed by atoms with Gasteiger partial charge < -0.3 is 19.9 Å². The third-order valence-corrected chi connectivity index (χ3v) is 9.81. The normalized spacial score (nSPS) is 15.1. The molecule has 53 heavy (non-hydrogen) atoms. The number of unbranched alkanes of at least 4 members (excludes halogenated alkanes) is 2. The highest BCUT2D eigenvalue weighted by Gasteiger charge is 2.39. The SMILES string of the molecule is CCCCN1C(=O)c2ccc(OCC(CN)(COc3ccc4c(c3)C(=O)N(CCC)C4=O)COc3ccc4c(c3)C(=O)N(CCCC)C4=O)cc2C1=O. The molecule has 13 heteroatoms. The quantitative estimate of drug-likeness (QED) is 0.177. The van der Waals surface area contributed by atoms with Gasteiger partial charge in [0.25, 0.3) is 35.4 Å². The first-order valence-electron chi connectivity index (χ1n) is 18.2. The van der Waals surface area contributed by atoms with Gasteiger partial charge in [0.05, 0.1) is 38.8 Å². The van der Waals surface area contributed by atoms with E-state index < -0.39 is 5.41 Å². The van der Waals surface area contributed by atoms with Crippen molar-refractivity contribution in [2.75, 3.05) is 46.0 Å². The maximum atomic E-state index is 13.1. The zero-order valence-electron chi connectivity index (χ0n) is 30.3. The molecule has 0 aromatic heterocycles. The molecular weight excluding hydrogens is 680 g/mol. The van der Waals surface area contributed by atoms with E-state index in [-0.39, 0.29) is 78.5 Å². The molecule has 278 valence electrons. The Balaban J connectivity index is 1.23. The van der Waals surface area contributed by atoms with Crippen LogP contribution in [0.1, 0.15) is 115 Å². The minimum absolute atomic E-state index is 0.0000591. The third-order valence-electron chi connectivity index (χ3n) is 9.81. The molecule has 0 spiro atoms. The Morgan fingerprint density at radius 3 is 1.09 bits per heavy atom. The lowest BCUT2D eigenvalue weighted by molar-refractivity contribution is 0.0392. The average molecular weight is 725 g/mol. The maximum absolute atomic E-state index is 13.1. The lowest BCUT2D eigenvalue weighted by Crippen LogP contribution is -2.46. The van der Waals surface area contributed by atoms with Crippen molar-refractivity contribution in [2.24, 2.45) is 11.1 Å². The lowest BCUT2D eigenvalue weighted by Gasteiger charge is -2.32. The van der Waals surface area contributed by atoms with Crippen LogP contribution in [0.15, 0.2) is 54.6 Å². The number of nitrogens with two attached hydrogens (primary N) is 1. The summed E-state index contributed by atoms with van der Waals surface area (Å²) in [6.07, 6.45) is 3.70. The molecule has 6 rings (SSSR count). The Labute approximate surface area is 307 Å². The van der Waals surface area contributed by atoms with Gasteiger partial charge >= 0.3 is 0 Å². The van der Waals surface area contributed by atoms with E-state index >= 15 is 0 Å².